The van der Waals surface area contributed by atoms with Crippen molar-refractivity contribution in [2.45, 2.75) is 19.4 Å². The van der Waals surface area contributed by atoms with Gasteiger partial charge in [-0.25, -0.2) is 0 Å². The average molecular weight is 482 g/mol. The van der Waals surface area contributed by atoms with E-state index in [1.165, 1.54) is 12.8 Å². The molecule has 6 nitrogen and oxygen atoms in total. The van der Waals surface area contributed by atoms with E-state index in [-0.39, 0.29) is 5.91 Å². The molecule has 1 saturated carbocycles. The summed E-state index contributed by atoms with van der Waals surface area (Å²) < 4.78 is 10.7. The van der Waals surface area contributed by atoms with Crippen molar-refractivity contribution in [3.8, 4) is 11.5 Å². The number of rotatable bonds is 9. The van der Waals surface area contributed by atoms with Crippen LogP contribution in [-0.4, -0.2) is 31.7 Å². The molecule has 3 aromatic rings. The Morgan fingerprint density at radius 1 is 0.889 bits per heavy atom. The lowest BCUT2D eigenvalue weighted by molar-refractivity contribution is -0.117. The Morgan fingerprint density at radius 3 is 2.08 bits per heavy atom. The third-order valence-electron chi connectivity index (χ3n) is 6.51. The third-order valence-corrected chi connectivity index (χ3v) is 6.51. The first kappa shape index (κ1) is 23.5. The van der Waals surface area contributed by atoms with E-state index in [0.29, 0.717) is 18.0 Å². The molecule has 6 heteroatoms. The number of carbonyl (C=O) groups is 1. The van der Waals surface area contributed by atoms with Crippen LogP contribution in [0.1, 0.15) is 29.5 Å². The number of methoxy groups -OCH3 is 2. The van der Waals surface area contributed by atoms with Gasteiger partial charge in [0.1, 0.15) is 11.5 Å². The monoisotopic (exact) mass is 481 g/mol. The maximum absolute atomic E-state index is 13.7. The zero-order valence-corrected chi connectivity index (χ0v) is 20.7. The molecule has 0 bridgehead atoms. The van der Waals surface area contributed by atoms with Crippen molar-refractivity contribution >= 4 is 17.2 Å². The topological polar surface area (TPSA) is 62.8 Å². The van der Waals surface area contributed by atoms with Crippen LogP contribution in [0.2, 0.25) is 0 Å². The standard InChI is InChI=1S/C30H31N3O3/c1-35-25-14-10-23(11-15-25)28-27(30(34)31-18-21-6-4-3-5-7-21)20-33(19-22-8-9-22)32-29(28)24-12-16-26(36-2)17-13-24/h3-7,10-17,20,22,32H,8-9,18-19H2,1-2H3,(H,31,34). The summed E-state index contributed by atoms with van der Waals surface area (Å²) >= 11 is 0. The molecule has 1 aliphatic carbocycles. The maximum atomic E-state index is 13.7. The molecule has 1 amide bonds. The molecule has 3 aromatic carbocycles. The van der Waals surface area contributed by atoms with Crippen LogP contribution in [0.5, 0.6) is 11.5 Å². The minimum atomic E-state index is -0.113. The maximum Gasteiger partial charge on any atom is 0.253 e. The van der Waals surface area contributed by atoms with Gasteiger partial charge in [0.2, 0.25) is 0 Å². The molecule has 0 aromatic heterocycles. The second-order valence-corrected chi connectivity index (χ2v) is 9.13. The van der Waals surface area contributed by atoms with Crippen LogP contribution in [-0.2, 0) is 11.3 Å². The normalized spacial score (nSPS) is 15.2. The Kier molecular flexibility index (Phi) is 6.94. The van der Waals surface area contributed by atoms with Gasteiger partial charge < -0.3 is 14.8 Å². The Morgan fingerprint density at radius 2 is 1.50 bits per heavy atom. The van der Waals surface area contributed by atoms with Gasteiger partial charge in [0.15, 0.2) is 0 Å². The van der Waals surface area contributed by atoms with Crippen LogP contribution < -0.4 is 20.2 Å². The fourth-order valence-electron chi connectivity index (χ4n) is 4.33. The fraction of sp³-hybridized carbons (Fsp3) is 0.233. The molecule has 1 heterocycles. The highest BCUT2D eigenvalue weighted by Crippen LogP contribution is 2.37. The smallest absolute Gasteiger partial charge is 0.253 e. The molecule has 5 rings (SSSR count). The van der Waals surface area contributed by atoms with Gasteiger partial charge in [-0.1, -0.05) is 42.5 Å². The van der Waals surface area contributed by atoms with Crippen molar-refractivity contribution in [1.82, 2.24) is 15.8 Å². The Hall–Kier alpha value is -4.19. The van der Waals surface area contributed by atoms with E-state index in [1.54, 1.807) is 14.2 Å². The predicted octanol–water partition coefficient (Wildman–Crippen LogP) is 5.00. The highest BCUT2D eigenvalue weighted by molar-refractivity contribution is 6.15. The molecule has 0 atom stereocenters. The number of nitrogens with zero attached hydrogens (tertiary/aromatic N) is 1. The van der Waals surface area contributed by atoms with E-state index in [1.807, 2.05) is 85.1 Å². The van der Waals surface area contributed by atoms with Crippen LogP contribution in [0.3, 0.4) is 0 Å². The van der Waals surface area contributed by atoms with Gasteiger partial charge in [-0.15, -0.1) is 0 Å². The third kappa shape index (κ3) is 5.38. The molecule has 0 radical (unpaired) electrons. The first-order valence-corrected chi connectivity index (χ1v) is 12.3. The number of benzene rings is 3. The predicted molar refractivity (Wildman–Crippen MR) is 142 cm³/mol. The lowest BCUT2D eigenvalue weighted by Crippen LogP contribution is -2.40. The van der Waals surface area contributed by atoms with Crippen molar-refractivity contribution in [3.05, 3.63) is 107 Å². The highest BCUT2D eigenvalue weighted by Gasteiger charge is 2.30. The second-order valence-electron chi connectivity index (χ2n) is 9.13. The number of amides is 1. The van der Waals surface area contributed by atoms with Crippen molar-refractivity contribution in [2.24, 2.45) is 5.92 Å². The van der Waals surface area contributed by atoms with E-state index in [4.69, 9.17) is 9.47 Å². The lowest BCUT2D eigenvalue weighted by atomic mass is 9.91. The summed E-state index contributed by atoms with van der Waals surface area (Å²) in [5.41, 5.74) is 8.92. The summed E-state index contributed by atoms with van der Waals surface area (Å²) in [5.74, 6) is 2.08. The van der Waals surface area contributed by atoms with Gasteiger partial charge in [0.05, 0.1) is 25.5 Å². The fourth-order valence-corrected chi connectivity index (χ4v) is 4.33. The van der Waals surface area contributed by atoms with Gasteiger partial charge in [-0.05, 0) is 66.3 Å². The molecule has 1 fully saturated rings. The lowest BCUT2D eigenvalue weighted by Gasteiger charge is -2.33. The number of carbonyl (C=O) groups excluding carboxylic acids is 1. The molecule has 0 unspecified atom stereocenters. The first-order chi connectivity index (χ1) is 17.6. The minimum absolute atomic E-state index is 0.113. The molecular formula is C30H31N3O3. The van der Waals surface area contributed by atoms with Crippen molar-refractivity contribution < 1.29 is 14.3 Å². The Bertz CT molecular complexity index is 1260. The van der Waals surface area contributed by atoms with Gasteiger partial charge in [-0.2, -0.15) is 0 Å². The molecular weight excluding hydrogens is 450 g/mol. The van der Waals surface area contributed by atoms with Gasteiger partial charge in [0, 0.05) is 30.4 Å². The van der Waals surface area contributed by atoms with Crippen molar-refractivity contribution in [1.29, 1.82) is 0 Å². The van der Waals surface area contributed by atoms with E-state index >= 15 is 0 Å². The summed E-state index contributed by atoms with van der Waals surface area (Å²) in [6.45, 7) is 1.31. The molecule has 2 aliphatic rings. The van der Waals surface area contributed by atoms with Crippen LogP contribution in [0, 0.1) is 5.92 Å². The van der Waals surface area contributed by atoms with E-state index in [0.717, 1.165) is 46.0 Å². The largest absolute Gasteiger partial charge is 0.497 e. The Labute approximate surface area is 212 Å². The van der Waals surface area contributed by atoms with E-state index in [2.05, 4.69) is 15.8 Å². The van der Waals surface area contributed by atoms with Crippen LogP contribution >= 0.6 is 0 Å². The summed E-state index contributed by atoms with van der Waals surface area (Å²) in [6, 6.07) is 25.7. The molecule has 0 saturated heterocycles. The van der Waals surface area contributed by atoms with Gasteiger partial charge in [-0.3, -0.25) is 15.2 Å². The molecule has 36 heavy (non-hydrogen) atoms. The van der Waals surface area contributed by atoms with Crippen LogP contribution in [0.4, 0.5) is 0 Å². The molecule has 0 spiro atoms. The zero-order valence-electron chi connectivity index (χ0n) is 20.7. The Balaban J connectivity index is 1.56. The average Bonchev–Trinajstić information content (AvgIpc) is 3.76. The van der Waals surface area contributed by atoms with Gasteiger partial charge >= 0.3 is 0 Å². The minimum Gasteiger partial charge on any atom is -0.497 e. The van der Waals surface area contributed by atoms with Crippen LogP contribution in [0.25, 0.3) is 11.3 Å². The zero-order chi connectivity index (χ0) is 24.9. The van der Waals surface area contributed by atoms with E-state index < -0.39 is 0 Å². The second kappa shape index (κ2) is 10.6. The SMILES string of the molecule is COc1ccc(C2=C(c3ccc(OC)cc3)C(C(=O)NCc3ccccc3)=CN(CC3CC3)N2)cc1. The summed E-state index contributed by atoms with van der Waals surface area (Å²) in [7, 11) is 3.31. The summed E-state index contributed by atoms with van der Waals surface area (Å²) in [6.07, 6.45) is 4.38. The van der Waals surface area contributed by atoms with E-state index in [9.17, 15) is 4.79 Å². The molecule has 184 valence electrons. The van der Waals surface area contributed by atoms with Crippen molar-refractivity contribution in [2.75, 3.05) is 20.8 Å². The number of hydrazine groups is 1. The number of hydrogen-bond acceptors (Lipinski definition) is 5. The first-order valence-electron chi connectivity index (χ1n) is 12.3. The van der Waals surface area contributed by atoms with Gasteiger partial charge in [0.25, 0.3) is 5.91 Å². The highest BCUT2D eigenvalue weighted by atomic mass is 16.5. The molecule has 2 N–H and O–H groups in total. The number of hydrogen-bond donors (Lipinski definition) is 2. The summed E-state index contributed by atoms with van der Waals surface area (Å²) in [4.78, 5) is 13.7. The van der Waals surface area contributed by atoms with Crippen molar-refractivity contribution in [3.63, 3.8) is 0 Å². The quantitative estimate of drug-likeness (QED) is 0.450. The summed E-state index contributed by atoms with van der Waals surface area (Å²) in [5, 5.41) is 5.19. The number of ether oxygens (including phenoxy) is 2. The van der Waals surface area contributed by atoms with Crippen LogP contribution in [0.15, 0.2) is 90.6 Å². The number of nitrogens with one attached hydrogen (secondary N) is 2. The molecule has 1 aliphatic heterocycles.